The van der Waals surface area contributed by atoms with Crippen molar-refractivity contribution in [3.63, 3.8) is 0 Å². The molecule has 8 heteroatoms. The molecule has 1 N–H and O–H groups in total. The molecule has 1 aromatic heterocycles. The first-order chi connectivity index (χ1) is 16.2. The molecular weight excluding hydrogens is 441 g/mol. The smallest absolute Gasteiger partial charge is 0.345 e. The molecule has 1 heterocycles. The number of nitrogens with one attached hydrogen (secondary N) is 1. The molecule has 1 aliphatic rings. The molecule has 34 heavy (non-hydrogen) atoms. The van der Waals surface area contributed by atoms with E-state index in [4.69, 9.17) is 0 Å². The van der Waals surface area contributed by atoms with Crippen molar-refractivity contribution in [2.45, 2.75) is 44.8 Å². The number of nitrogens with zero attached hydrogens (tertiary/aromatic N) is 3. The number of aryl methyl sites for hydroxylation is 1. The number of carbonyl (C=O) groups is 1. The quantitative estimate of drug-likeness (QED) is 0.404. The van der Waals surface area contributed by atoms with Gasteiger partial charge in [0.1, 0.15) is 5.52 Å². The lowest BCUT2D eigenvalue weighted by atomic mass is 9.94. The Hall–Kier alpha value is -3.68. The summed E-state index contributed by atoms with van der Waals surface area (Å²) in [6.45, 7) is 3.92. The summed E-state index contributed by atoms with van der Waals surface area (Å²) in [6, 6.07) is 16.4. The average molecular weight is 464 g/mol. The van der Waals surface area contributed by atoms with E-state index >= 15 is 0 Å². The van der Waals surface area contributed by atoms with Crippen LogP contribution in [0.15, 0.2) is 60.7 Å². The van der Waals surface area contributed by atoms with Crippen molar-refractivity contribution in [1.82, 2.24) is 20.3 Å². The van der Waals surface area contributed by atoms with Crippen molar-refractivity contribution in [3.05, 3.63) is 88.5 Å². The molecule has 0 radical (unpaired) electrons. The van der Waals surface area contributed by atoms with E-state index in [2.05, 4.69) is 21.7 Å². The molecule has 0 bridgehead atoms. The second kappa shape index (κ2) is 8.27. The first-order valence-corrected chi connectivity index (χ1v) is 11.2. The zero-order chi connectivity index (χ0) is 24.0. The SMILES string of the molecule is CC(C)c1c(C(=O)N[C@H]2CCc3ccccc32)ccc2c1nnn2-c1cccc(C(F)(F)F)c1. The lowest BCUT2D eigenvalue weighted by Crippen LogP contribution is -2.28. The van der Waals surface area contributed by atoms with Crippen molar-refractivity contribution >= 4 is 16.9 Å². The zero-order valence-corrected chi connectivity index (χ0v) is 18.7. The predicted molar refractivity (Wildman–Crippen MR) is 123 cm³/mol. The second-order valence-corrected chi connectivity index (χ2v) is 8.86. The Kier molecular flexibility index (Phi) is 5.38. The Morgan fingerprint density at radius 3 is 2.65 bits per heavy atom. The summed E-state index contributed by atoms with van der Waals surface area (Å²) in [7, 11) is 0. The molecule has 0 unspecified atom stereocenters. The fourth-order valence-corrected chi connectivity index (χ4v) is 4.74. The normalized spacial score (nSPS) is 15.6. The van der Waals surface area contributed by atoms with Crippen molar-refractivity contribution in [1.29, 1.82) is 0 Å². The third-order valence-electron chi connectivity index (χ3n) is 6.34. The van der Waals surface area contributed by atoms with Crippen LogP contribution in [-0.2, 0) is 12.6 Å². The summed E-state index contributed by atoms with van der Waals surface area (Å²) in [5.74, 6) is -0.243. The molecule has 5 rings (SSSR count). The molecule has 1 amide bonds. The summed E-state index contributed by atoms with van der Waals surface area (Å²) in [5.41, 5.74) is 4.16. The van der Waals surface area contributed by atoms with Gasteiger partial charge in [-0.25, -0.2) is 4.68 Å². The van der Waals surface area contributed by atoms with E-state index in [9.17, 15) is 18.0 Å². The minimum atomic E-state index is -4.46. The Labute approximate surface area is 194 Å². The predicted octanol–water partition coefficient (Wildman–Crippen LogP) is 5.98. The number of hydrogen-bond acceptors (Lipinski definition) is 3. The monoisotopic (exact) mass is 464 g/mol. The first-order valence-electron chi connectivity index (χ1n) is 11.2. The standard InChI is InChI=1S/C26H23F3N4O/c1-15(2)23-20(25(34)30-21-12-10-16-6-3-4-9-19(16)21)11-13-22-24(23)31-32-33(22)18-8-5-7-17(14-18)26(27,28)29/h3-9,11,13-15,21H,10,12H2,1-2H3,(H,30,34)/t21-/m0/s1. The number of halogens is 3. The number of hydrogen-bond donors (Lipinski definition) is 1. The lowest BCUT2D eigenvalue weighted by molar-refractivity contribution is -0.137. The van der Waals surface area contributed by atoms with Gasteiger partial charge in [-0.3, -0.25) is 4.79 Å². The van der Waals surface area contributed by atoms with Gasteiger partial charge in [-0.1, -0.05) is 49.4 Å². The number of rotatable bonds is 4. The molecular formula is C26H23F3N4O. The van der Waals surface area contributed by atoms with Crippen LogP contribution in [0.4, 0.5) is 13.2 Å². The van der Waals surface area contributed by atoms with Gasteiger partial charge >= 0.3 is 6.18 Å². The summed E-state index contributed by atoms with van der Waals surface area (Å²) in [6.07, 6.45) is -2.70. The number of fused-ring (bicyclic) bond motifs is 2. The van der Waals surface area contributed by atoms with Crippen LogP contribution < -0.4 is 5.32 Å². The van der Waals surface area contributed by atoms with Gasteiger partial charge in [-0.15, -0.1) is 5.10 Å². The fourth-order valence-electron chi connectivity index (χ4n) is 4.74. The maximum Gasteiger partial charge on any atom is 0.416 e. The van der Waals surface area contributed by atoms with Crippen LogP contribution in [0.2, 0.25) is 0 Å². The largest absolute Gasteiger partial charge is 0.416 e. The Balaban J connectivity index is 1.53. The van der Waals surface area contributed by atoms with Gasteiger partial charge < -0.3 is 5.32 Å². The van der Waals surface area contributed by atoms with Crippen molar-refractivity contribution in [3.8, 4) is 5.69 Å². The van der Waals surface area contributed by atoms with Crippen molar-refractivity contribution in [2.75, 3.05) is 0 Å². The molecule has 4 aromatic rings. The summed E-state index contributed by atoms with van der Waals surface area (Å²) in [5, 5.41) is 11.6. The zero-order valence-electron chi connectivity index (χ0n) is 18.7. The Bertz CT molecular complexity index is 1390. The molecule has 174 valence electrons. The van der Waals surface area contributed by atoms with Gasteiger partial charge in [-0.05, 0) is 65.8 Å². The Morgan fingerprint density at radius 1 is 1.09 bits per heavy atom. The first kappa shape index (κ1) is 22.1. The number of aromatic nitrogens is 3. The van der Waals surface area contributed by atoms with Gasteiger partial charge in [-0.2, -0.15) is 13.2 Å². The summed E-state index contributed by atoms with van der Waals surface area (Å²) < 4.78 is 41.0. The van der Waals surface area contributed by atoms with Crippen LogP contribution >= 0.6 is 0 Å². The molecule has 0 aliphatic heterocycles. The second-order valence-electron chi connectivity index (χ2n) is 8.86. The topological polar surface area (TPSA) is 59.8 Å². The molecule has 5 nitrogen and oxygen atoms in total. The molecule has 0 saturated carbocycles. The van der Waals surface area contributed by atoms with Crippen molar-refractivity contribution in [2.24, 2.45) is 0 Å². The summed E-state index contributed by atoms with van der Waals surface area (Å²) in [4.78, 5) is 13.3. The van der Waals surface area contributed by atoms with E-state index in [1.54, 1.807) is 18.2 Å². The van der Waals surface area contributed by atoms with Crippen molar-refractivity contribution < 1.29 is 18.0 Å². The lowest BCUT2D eigenvalue weighted by Gasteiger charge is -2.18. The minimum absolute atomic E-state index is 0.0491. The highest BCUT2D eigenvalue weighted by molar-refractivity contribution is 6.00. The van der Waals surface area contributed by atoms with Crippen LogP contribution in [0.5, 0.6) is 0 Å². The third-order valence-corrected chi connectivity index (χ3v) is 6.34. The van der Waals surface area contributed by atoms with Crippen LogP contribution in [0.3, 0.4) is 0 Å². The number of benzene rings is 3. The van der Waals surface area contributed by atoms with E-state index in [1.165, 1.54) is 16.3 Å². The highest BCUT2D eigenvalue weighted by Crippen LogP contribution is 2.34. The summed E-state index contributed by atoms with van der Waals surface area (Å²) >= 11 is 0. The molecule has 0 spiro atoms. The molecule has 0 saturated heterocycles. The highest BCUT2D eigenvalue weighted by atomic mass is 19.4. The maximum atomic E-state index is 13.3. The molecule has 0 fully saturated rings. The van der Waals surface area contributed by atoms with Gasteiger partial charge in [0.2, 0.25) is 0 Å². The number of alkyl halides is 3. The average Bonchev–Trinajstić information content (AvgIpc) is 3.42. The maximum absolute atomic E-state index is 13.3. The van der Waals surface area contributed by atoms with Crippen LogP contribution in [0.25, 0.3) is 16.7 Å². The van der Waals surface area contributed by atoms with Gasteiger partial charge in [0.05, 0.1) is 22.8 Å². The van der Waals surface area contributed by atoms with E-state index in [1.807, 2.05) is 32.0 Å². The van der Waals surface area contributed by atoms with Crippen LogP contribution in [0.1, 0.15) is 64.8 Å². The third kappa shape index (κ3) is 3.83. The molecule has 1 atom stereocenters. The highest BCUT2D eigenvalue weighted by Gasteiger charge is 2.31. The van der Waals surface area contributed by atoms with E-state index in [0.717, 1.165) is 36.1 Å². The molecule has 3 aromatic carbocycles. The minimum Gasteiger partial charge on any atom is -0.345 e. The molecule has 1 aliphatic carbocycles. The van der Waals surface area contributed by atoms with E-state index < -0.39 is 11.7 Å². The van der Waals surface area contributed by atoms with Gasteiger partial charge in [0.25, 0.3) is 5.91 Å². The van der Waals surface area contributed by atoms with Gasteiger partial charge in [0, 0.05) is 5.56 Å². The van der Waals surface area contributed by atoms with Gasteiger partial charge in [0.15, 0.2) is 0 Å². The fraction of sp³-hybridized carbons (Fsp3) is 0.269. The van der Waals surface area contributed by atoms with E-state index in [0.29, 0.717) is 16.6 Å². The van der Waals surface area contributed by atoms with E-state index in [-0.39, 0.29) is 23.6 Å². The number of amides is 1. The number of carbonyl (C=O) groups excluding carboxylic acids is 1. The van der Waals surface area contributed by atoms with Crippen LogP contribution in [0, 0.1) is 0 Å². The van der Waals surface area contributed by atoms with Crippen LogP contribution in [-0.4, -0.2) is 20.9 Å². The Morgan fingerprint density at radius 2 is 1.88 bits per heavy atom.